The molecule has 1 aromatic carbocycles. The first-order chi connectivity index (χ1) is 6.13. The highest BCUT2D eigenvalue weighted by Gasteiger charge is 2.24. The number of carbonyl (C=O) groups is 1. The molecule has 0 aliphatic heterocycles. The largest absolute Gasteiger partial charge is 0.480 e. The van der Waals surface area contributed by atoms with Gasteiger partial charge in [-0.15, -0.1) is 0 Å². The lowest BCUT2D eigenvalue weighted by Crippen LogP contribution is -2.34. The Bertz CT molecular complexity index is 289. The lowest BCUT2D eigenvalue weighted by atomic mass is 10.0. The SMILES string of the molecule is N[C@H](C(=O)O)[C@H](F)c1ccccc1. The van der Waals surface area contributed by atoms with Gasteiger partial charge in [0.05, 0.1) is 0 Å². The molecule has 13 heavy (non-hydrogen) atoms. The molecule has 3 N–H and O–H groups in total. The number of alkyl halides is 1. The van der Waals surface area contributed by atoms with E-state index < -0.39 is 18.2 Å². The third kappa shape index (κ3) is 2.26. The van der Waals surface area contributed by atoms with Gasteiger partial charge in [-0.1, -0.05) is 30.3 Å². The first-order valence-electron chi connectivity index (χ1n) is 3.80. The van der Waals surface area contributed by atoms with Crippen LogP contribution in [0.2, 0.25) is 0 Å². The molecule has 4 heteroatoms. The molecule has 0 amide bonds. The zero-order valence-corrected chi connectivity index (χ0v) is 6.85. The van der Waals surface area contributed by atoms with Gasteiger partial charge in [-0.05, 0) is 5.56 Å². The monoisotopic (exact) mass is 183 g/mol. The topological polar surface area (TPSA) is 63.3 Å². The molecule has 70 valence electrons. The second kappa shape index (κ2) is 4.00. The van der Waals surface area contributed by atoms with Crippen molar-refractivity contribution in [2.75, 3.05) is 0 Å². The third-order valence-corrected chi connectivity index (χ3v) is 1.72. The van der Waals surface area contributed by atoms with Gasteiger partial charge in [0.2, 0.25) is 0 Å². The Labute approximate surface area is 75.0 Å². The molecule has 0 saturated heterocycles. The average Bonchev–Trinajstić information content (AvgIpc) is 2.17. The van der Waals surface area contributed by atoms with Crippen molar-refractivity contribution in [3.63, 3.8) is 0 Å². The van der Waals surface area contributed by atoms with E-state index >= 15 is 0 Å². The van der Waals surface area contributed by atoms with Crippen molar-refractivity contribution in [3.8, 4) is 0 Å². The molecule has 0 fully saturated rings. The summed E-state index contributed by atoms with van der Waals surface area (Å²) in [4.78, 5) is 10.3. The summed E-state index contributed by atoms with van der Waals surface area (Å²) < 4.78 is 13.3. The number of nitrogens with two attached hydrogens (primary N) is 1. The summed E-state index contributed by atoms with van der Waals surface area (Å²) >= 11 is 0. The highest BCUT2D eigenvalue weighted by Crippen LogP contribution is 2.19. The van der Waals surface area contributed by atoms with Crippen molar-refractivity contribution >= 4 is 5.97 Å². The molecule has 1 aromatic rings. The molecule has 2 atom stereocenters. The Balaban J connectivity index is 2.79. The summed E-state index contributed by atoms with van der Waals surface area (Å²) in [5.74, 6) is -1.34. The Morgan fingerprint density at radius 2 is 1.92 bits per heavy atom. The van der Waals surface area contributed by atoms with Crippen molar-refractivity contribution in [2.24, 2.45) is 5.73 Å². The Kier molecular flexibility index (Phi) is 2.97. The number of hydrogen-bond donors (Lipinski definition) is 2. The van der Waals surface area contributed by atoms with Gasteiger partial charge in [0.15, 0.2) is 6.17 Å². The standard InChI is InChI=1S/C9H10FNO2/c10-7(8(11)9(12)13)6-4-2-1-3-5-6/h1-5,7-8H,11H2,(H,12,13)/t7-,8+/m1/s1. The molecule has 0 bridgehead atoms. The minimum absolute atomic E-state index is 0.289. The van der Waals surface area contributed by atoms with Crippen LogP contribution in [0.15, 0.2) is 30.3 Å². The van der Waals surface area contributed by atoms with Crippen molar-refractivity contribution < 1.29 is 14.3 Å². The second-order valence-corrected chi connectivity index (χ2v) is 2.68. The van der Waals surface area contributed by atoms with Crippen LogP contribution in [0.4, 0.5) is 4.39 Å². The molecule has 3 nitrogen and oxygen atoms in total. The van der Waals surface area contributed by atoms with Gasteiger partial charge in [-0.3, -0.25) is 4.79 Å². The minimum atomic E-state index is -1.65. The average molecular weight is 183 g/mol. The van der Waals surface area contributed by atoms with Gasteiger partial charge in [0, 0.05) is 0 Å². The summed E-state index contributed by atoms with van der Waals surface area (Å²) in [5, 5.41) is 8.45. The molecule has 1 rings (SSSR count). The number of benzene rings is 1. The zero-order valence-electron chi connectivity index (χ0n) is 6.85. The summed E-state index contributed by atoms with van der Waals surface area (Å²) in [7, 11) is 0. The number of carboxylic acids is 1. The van der Waals surface area contributed by atoms with Crippen LogP contribution in [0, 0.1) is 0 Å². The van der Waals surface area contributed by atoms with E-state index in [1.807, 2.05) is 0 Å². The van der Waals surface area contributed by atoms with Gasteiger partial charge < -0.3 is 10.8 Å². The highest BCUT2D eigenvalue weighted by atomic mass is 19.1. The van der Waals surface area contributed by atoms with E-state index in [0.29, 0.717) is 0 Å². The van der Waals surface area contributed by atoms with Gasteiger partial charge in [-0.25, -0.2) is 4.39 Å². The summed E-state index contributed by atoms with van der Waals surface area (Å²) in [6.45, 7) is 0. The molecular weight excluding hydrogens is 173 g/mol. The van der Waals surface area contributed by atoms with Crippen LogP contribution in [0.1, 0.15) is 11.7 Å². The number of rotatable bonds is 3. The number of hydrogen-bond acceptors (Lipinski definition) is 2. The Morgan fingerprint density at radius 1 is 1.38 bits per heavy atom. The van der Waals surface area contributed by atoms with E-state index in [4.69, 9.17) is 10.8 Å². The fourth-order valence-corrected chi connectivity index (χ4v) is 0.969. The predicted octanol–water partition coefficient (Wildman–Crippen LogP) is 1.11. The van der Waals surface area contributed by atoms with Gasteiger partial charge in [-0.2, -0.15) is 0 Å². The van der Waals surface area contributed by atoms with Crippen LogP contribution in [0.25, 0.3) is 0 Å². The van der Waals surface area contributed by atoms with Crippen LogP contribution < -0.4 is 5.73 Å². The lowest BCUT2D eigenvalue weighted by Gasteiger charge is -2.12. The molecule has 0 aromatic heterocycles. The highest BCUT2D eigenvalue weighted by molar-refractivity contribution is 5.74. The van der Waals surface area contributed by atoms with Crippen LogP contribution >= 0.6 is 0 Å². The second-order valence-electron chi connectivity index (χ2n) is 2.68. The number of halogens is 1. The molecule has 0 radical (unpaired) electrons. The van der Waals surface area contributed by atoms with Gasteiger partial charge in [0.1, 0.15) is 6.04 Å². The summed E-state index contributed by atoms with van der Waals surface area (Å²) in [5.41, 5.74) is 5.41. The van der Waals surface area contributed by atoms with E-state index in [1.165, 1.54) is 12.1 Å². The van der Waals surface area contributed by atoms with Crippen LogP contribution in [-0.2, 0) is 4.79 Å². The summed E-state index contributed by atoms with van der Waals surface area (Å²) in [6.07, 6.45) is -1.65. The van der Waals surface area contributed by atoms with Crippen molar-refractivity contribution in [2.45, 2.75) is 12.2 Å². The van der Waals surface area contributed by atoms with Crippen LogP contribution in [-0.4, -0.2) is 17.1 Å². The fraction of sp³-hybridized carbons (Fsp3) is 0.222. The molecule has 0 heterocycles. The minimum Gasteiger partial charge on any atom is -0.480 e. The smallest absolute Gasteiger partial charge is 0.323 e. The Hall–Kier alpha value is -1.42. The van der Waals surface area contributed by atoms with Crippen molar-refractivity contribution in [3.05, 3.63) is 35.9 Å². The van der Waals surface area contributed by atoms with E-state index in [9.17, 15) is 9.18 Å². The molecular formula is C9H10FNO2. The van der Waals surface area contributed by atoms with Crippen molar-refractivity contribution in [1.29, 1.82) is 0 Å². The van der Waals surface area contributed by atoms with Crippen molar-refractivity contribution in [1.82, 2.24) is 0 Å². The first-order valence-corrected chi connectivity index (χ1v) is 3.80. The first kappa shape index (κ1) is 9.67. The summed E-state index contributed by atoms with van der Waals surface area (Å²) in [6, 6.07) is 6.51. The predicted molar refractivity (Wildman–Crippen MR) is 45.9 cm³/mol. The lowest BCUT2D eigenvalue weighted by molar-refractivity contribution is -0.140. The van der Waals surface area contributed by atoms with Gasteiger partial charge >= 0.3 is 5.97 Å². The molecule has 0 saturated carbocycles. The maximum Gasteiger partial charge on any atom is 0.323 e. The van der Waals surface area contributed by atoms with E-state index in [1.54, 1.807) is 18.2 Å². The van der Waals surface area contributed by atoms with E-state index in [-0.39, 0.29) is 5.56 Å². The van der Waals surface area contributed by atoms with Crippen LogP contribution in [0.5, 0.6) is 0 Å². The van der Waals surface area contributed by atoms with E-state index in [0.717, 1.165) is 0 Å². The third-order valence-electron chi connectivity index (χ3n) is 1.72. The maximum absolute atomic E-state index is 13.3. The van der Waals surface area contributed by atoms with E-state index in [2.05, 4.69) is 0 Å². The zero-order chi connectivity index (χ0) is 9.84. The van der Waals surface area contributed by atoms with Crippen LogP contribution in [0.3, 0.4) is 0 Å². The molecule has 0 aliphatic carbocycles. The fourth-order valence-electron chi connectivity index (χ4n) is 0.969. The number of aliphatic carboxylic acids is 1. The molecule has 0 unspecified atom stereocenters. The maximum atomic E-state index is 13.3. The normalized spacial score (nSPS) is 14.9. The Morgan fingerprint density at radius 3 is 2.38 bits per heavy atom. The number of carboxylic acid groups (broad SMARTS) is 1. The molecule has 0 aliphatic rings. The van der Waals surface area contributed by atoms with Gasteiger partial charge in [0.25, 0.3) is 0 Å². The quantitative estimate of drug-likeness (QED) is 0.737. The molecule has 0 spiro atoms.